The summed E-state index contributed by atoms with van der Waals surface area (Å²) in [6.45, 7) is 2.79. The lowest BCUT2D eigenvalue weighted by atomic mass is 10.2. The first-order valence-corrected chi connectivity index (χ1v) is 4.34. The molecule has 0 radical (unpaired) electrons. The summed E-state index contributed by atoms with van der Waals surface area (Å²) in [7, 11) is 0. The average molecular weight is 166 g/mol. The lowest BCUT2D eigenvalue weighted by Gasteiger charge is -2.27. The molecule has 4 nitrogen and oxygen atoms in total. The Morgan fingerprint density at radius 1 is 1.67 bits per heavy atom. The molecule has 0 aliphatic carbocycles. The minimum absolute atomic E-state index is 0.566. The molecule has 1 aromatic rings. The molecule has 0 aromatic carbocycles. The van der Waals surface area contributed by atoms with Gasteiger partial charge in [-0.1, -0.05) is 0 Å². The van der Waals surface area contributed by atoms with Crippen LogP contribution in [-0.4, -0.2) is 29.4 Å². The monoisotopic (exact) mass is 166 g/mol. The van der Waals surface area contributed by atoms with Crippen LogP contribution in [-0.2, 0) is 6.42 Å². The van der Waals surface area contributed by atoms with E-state index in [2.05, 4.69) is 16.6 Å². The van der Waals surface area contributed by atoms with Gasteiger partial charge in [0.15, 0.2) is 0 Å². The number of aromatic nitrogens is 2. The van der Waals surface area contributed by atoms with Crippen molar-refractivity contribution in [2.24, 2.45) is 5.73 Å². The Labute approximate surface area is 71.7 Å². The summed E-state index contributed by atoms with van der Waals surface area (Å²) in [4.78, 5) is 0. The second-order valence-electron chi connectivity index (χ2n) is 3.18. The SMILES string of the molecule is NCCc1cnn(C2CNC2)c1. The van der Waals surface area contributed by atoms with E-state index in [1.165, 1.54) is 5.56 Å². The zero-order valence-corrected chi connectivity index (χ0v) is 7.03. The highest BCUT2D eigenvalue weighted by molar-refractivity contribution is 5.05. The molecule has 66 valence electrons. The Balaban J connectivity index is 2.02. The molecule has 0 saturated carbocycles. The Morgan fingerprint density at radius 3 is 3.08 bits per heavy atom. The summed E-state index contributed by atoms with van der Waals surface area (Å²) in [5.41, 5.74) is 6.68. The average Bonchev–Trinajstić information content (AvgIpc) is 2.34. The third-order valence-electron chi connectivity index (χ3n) is 2.22. The summed E-state index contributed by atoms with van der Waals surface area (Å²) < 4.78 is 2.03. The van der Waals surface area contributed by atoms with E-state index < -0.39 is 0 Å². The molecule has 0 atom stereocenters. The van der Waals surface area contributed by atoms with E-state index in [-0.39, 0.29) is 0 Å². The first kappa shape index (κ1) is 7.76. The van der Waals surface area contributed by atoms with Crippen LogP contribution in [0.1, 0.15) is 11.6 Å². The van der Waals surface area contributed by atoms with Gasteiger partial charge >= 0.3 is 0 Å². The molecule has 0 spiro atoms. The zero-order valence-electron chi connectivity index (χ0n) is 7.03. The van der Waals surface area contributed by atoms with Gasteiger partial charge in [-0.2, -0.15) is 5.10 Å². The van der Waals surface area contributed by atoms with Gasteiger partial charge in [0.2, 0.25) is 0 Å². The fourth-order valence-electron chi connectivity index (χ4n) is 1.33. The number of rotatable bonds is 3. The van der Waals surface area contributed by atoms with Crippen LogP contribution in [0.25, 0.3) is 0 Å². The van der Waals surface area contributed by atoms with Crippen molar-refractivity contribution in [2.45, 2.75) is 12.5 Å². The Morgan fingerprint density at radius 2 is 2.50 bits per heavy atom. The molecule has 3 N–H and O–H groups in total. The molecule has 0 amide bonds. The van der Waals surface area contributed by atoms with Crippen LogP contribution in [0, 0.1) is 0 Å². The van der Waals surface area contributed by atoms with Crippen molar-refractivity contribution in [1.29, 1.82) is 0 Å². The van der Waals surface area contributed by atoms with Gasteiger partial charge < -0.3 is 11.1 Å². The van der Waals surface area contributed by atoms with Gasteiger partial charge in [-0.3, -0.25) is 4.68 Å². The number of hydrogen-bond acceptors (Lipinski definition) is 3. The van der Waals surface area contributed by atoms with E-state index >= 15 is 0 Å². The summed E-state index contributed by atoms with van der Waals surface area (Å²) in [5, 5.41) is 7.49. The summed E-state index contributed by atoms with van der Waals surface area (Å²) in [6.07, 6.45) is 4.93. The van der Waals surface area contributed by atoms with Gasteiger partial charge in [-0.05, 0) is 18.5 Å². The van der Waals surface area contributed by atoms with Crippen molar-refractivity contribution in [2.75, 3.05) is 19.6 Å². The molecule has 1 saturated heterocycles. The van der Waals surface area contributed by atoms with Gasteiger partial charge in [0.1, 0.15) is 0 Å². The standard InChI is InChI=1S/C8H14N4/c9-2-1-7-3-11-12(6-7)8-4-10-5-8/h3,6,8,10H,1-2,4-5,9H2. The first-order valence-electron chi connectivity index (χ1n) is 4.34. The van der Waals surface area contributed by atoms with Gasteiger partial charge in [0.25, 0.3) is 0 Å². The predicted octanol–water partition coefficient (Wildman–Crippen LogP) is -0.471. The molecule has 0 unspecified atom stereocenters. The van der Waals surface area contributed by atoms with Gasteiger partial charge in [0.05, 0.1) is 12.2 Å². The lowest BCUT2D eigenvalue weighted by Crippen LogP contribution is -2.43. The molecular weight excluding hydrogens is 152 g/mol. The van der Waals surface area contributed by atoms with Crippen molar-refractivity contribution in [3.63, 3.8) is 0 Å². The van der Waals surface area contributed by atoms with Crippen LogP contribution >= 0.6 is 0 Å². The third kappa shape index (κ3) is 1.35. The second kappa shape index (κ2) is 3.25. The maximum Gasteiger partial charge on any atom is 0.0767 e. The van der Waals surface area contributed by atoms with Gasteiger partial charge in [-0.25, -0.2) is 0 Å². The molecular formula is C8H14N4. The van der Waals surface area contributed by atoms with Crippen LogP contribution < -0.4 is 11.1 Å². The van der Waals surface area contributed by atoms with E-state index in [0.29, 0.717) is 12.6 Å². The highest BCUT2D eigenvalue weighted by atomic mass is 15.3. The summed E-state index contributed by atoms with van der Waals surface area (Å²) in [5.74, 6) is 0. The highest BCUT2D eigenvalue weighted by Gasteiger charge is 2.18. The van der Waals surface area contributed by atoms with Crippen molar-refractivity contribution in [1.82, 2.24) is 15.1 Å². The fraction of sp³-hybridized carbons (Fsp3) is 0.625. The maximum absolute atomic E-state index is 5.44. The van der Waals surface area contributed by atoms with E-state index in [1.807, 2.05) is 10.9 Å². The number of nitrogens with two attached hydrogens (primary N) is 1. The second-order valence-corrected chi connectivity index (χ2v) is 3.18. The van der Waals surface area contributed by atoms with Crippen LogP contribution in [0.15, 0.2) is 12.4 Å². The molecule has 1 aliphatic rings. The molecule has 4 heteroatoms. The summed E-state index contributed by atoms with van der Waals surface area (Å²) >= 11 is 0. The van der Waals surface area contributed by atoms with Crippen LogP contribution in [0.2, 0.25) is 0 Å². The highest BCUT2D eigenvalue weighted by Crippen LogP contribution is 2.11. The molecule has 0 bridgehead atoms. The van der Waals surface area contributed by atoms with E-state index in [4.69, 9.17) is 5.73 Å². The number of nitrogens with one attached hydrogen (secondary N) is 1. The Kier molecular flexibility index (Phi) is 2.10. The number of nitrogens with zero attached hydrogens (tertiary/aromatic N) is 2. The molecule has 2 heterocycles. The predicted molar refractivity (Wildman–Crippen MR) is 46.9 cm³/mol. The maximum atomic E-state index is 5.44. The molecule has 2 rings (SSSR count). The zero-order chi connectivity index (χ0) is 8.39. The van der Waals surface area contributed by atoms with Gasteiger partial charge in [-0.15, -0.1) is 0 Å². The van der Waals surface area contributed by atoms with Crippen molar-refractivity contribution in [3.05, 3.63) is 18.0 Å². The molecule has 1 aliphatic heterocycles. The van der Waals surface area contributed by atoms with E-state index in [1.54, 1.807) is 0 Å². The van der Waals surface area contributed by atoms with Crippen molar-refractivity contribution in [3.8, 4) is 0 Å². The third-order valence-corrected chi connectivity index (χ3v) is 2.22. The minimum atomic E-state index is 0.566. The van der Waals surface area contributed by atoms with Crippen LogP contribution in [0.5, 0.6) is 0 Å². The topological polar surface area (TPSA) is 55.9 Å². The van der Waals surface area contributed by atoms with E-state index in [0.717, 1.165) is 19.5 Å². The van der Waals surface area contributed by atoms with Crippen LogP contribution in [0.4, 0.5) is 0 Å². The quantitative estimate of drug-likeness (QED) is 0.638. The minimum Gasteiger partial charge on any atom is -0.330 e. The smallest absolute Gasteiger partial charge is 0.0767 e. The fourth-order valence-corrected chi connectivity index (χ4v) is 1.33. The number of hydrogen-bond donors (Lipinski definition) is 2. The van der Waals surface area contributed by atoms with Crippen LogP contribution in [0.3, 0.4) is 0 Å². The van der Waals surface area contributed by atoms with E-state index in [9.17, 15) is 0 Å². The first-order chi connectivity index (χ1) is 5.90. The molecule has 1 aromatic heterocycles. The summed E-state index contributed by atoms with van der Waals surface area (Å²) in [6, 6.07) is 0.566. The normalized spacial score (nSPS) is 17.8. The van der Waals surface area contributed by atoms with Crippen molar-refractivity contribution < 1.29 is 0 Å². The molecule has 1 fully saturated rings. The lowest BCUT2D eigenvalue weighted by molar-refractivity contribution is 0.318. The van der Waals surface area contributed by atoms with Gasteiger partial charge in [0, 0.05) is 19.3 Å². The van der Waals surface area contributed by atoms with Crippen molar-refractivity contribution >= 4 is 0 Å². The Hall–Kier alpha value is -0.870. The Bertz CT molecular complexity index is 251. The molecule has 12 heavy (non-hydrogen) atoms. The largest absolute Gasteiger partial charge is 0.330 e.